The summed E-state index contributed by atoms with van der Waals surface area (Å²) in [4.78, 5) is 28.7. The molecule has 9 heteroatoms. The number of unbranched alkanes of at least 4 members (excludes halogenated alkanes) is 2. The fourth-order valence-electron chi connectivity index (χ4n) is 3.31. The highest BCUT2D eigenvalue weighted by Crippen LogP contribution is 2.36. The first-order valence-corrected chi connectivity index (χ1v) is 11.3. The molecule has 0 atom stereocenters. The zero-order valence-electron chi connectivity index (χ0n) is 17.0. The van der Waals surface area contributed by atoms with Gasteiger partial charge in [-0.3, -0.25) is 14.5 Å². The SMILES string of the molecule is CCN(CCO)C(=O)CCCCCN1C(=O)/C(=C/c2ccc3c(c2)OCO3)SC1=S. The Bertz CT molecular complexity index is 843. The number of hydrogen-bond donors (Lipinski definition) is 1. The first-order valence-electron chi connectivity index (χ1n) is 10.1. The number of carbonyl (C=O) groups is 2. The molecule has 0 unspecified atom stereocenters. The van der Waals surface area contributed by atoms with E-state index in [2.05, 4.69) is 0 Å². The van der Waals surface area contributed by atoms with Gasteiger partial charge in [0.15, 0.2) is 11.5 Å². The molecule has 0 aromatic heterocycles. The zero-order valence-corrected chi connectivity index (χ0v) is 18.6. The molecule has 7 nitrogen and oxygen atoms in total. The first-order chi connectivity index (χ1) is 14.5. The molecule has 1 N–H and O–H groups in total. The molecule has 1 aromatic carbocycles. The molecule has 2 aliphatic rings. The van der Waals surface area contributed by atoms with Crippen LogP contribution in [0.15, 0.2) is 23.1 Å². The Labute approximate surface area is 186 Å². The summed E-state index contributed by atoms with van der Waals surface area (Å²) < 4.78 is 11.3. The Morgan fingerprint density at radius 2 is 2.10 bits per heavy atom. The first kappa shape index (κ1) is 22.6. The van der Waals surface area contributed by atoms with Crippen molar-refractivity contribution in [3.63, 3.8) is 0 Å². The van der Waals surface area contributed by atoms with E-state index in [1.807, 2.05) is 31.2 Å². The number of aliphatic hydroxyl groups is 1. The third-order valence-corrected chi connectivity index (χ3v) is 6.32. The van der Waals surface area contributed by atoms with E-state index >= 15 is 0 Å². The predicted molar refractivity (Wildman–Crippen MR) is 120 cm³/mol. The third-order valence-electron chi connectivity index (χ3n) is 4.94. The molecular weight excluding hydrogens is 424 g/mol. The topological polar surface area (TPSA) is 79.3 Å². The van der Waals surface area contributed by atoms with Crippen LogP contribution >= 0.6 is 24.0 Å². The Morgan fingerprint density at radius 1 is 1.30 bits per heavy atom. The summed E-state index contributed by atoms with van der Waals surface area (Å²) in [6.07, 6.45) is 4.64. The number of likely N-dealkylation sites (N-methyl/N-ethyl adjacent to an activating group) is 1. The van der Waals surface area contributed by atoms with E-state index in [4.69, 9.17) is 26.8 Å². The van der Waals surface area contributed by atoms with Gasteiger partial charge < -0.3 is 19.5 Å². The number of nitrogens with zero attached hydrogens (tertiary/aromatic N) is 2. The molecule has 2 heterocycles. The molecule has 1 aromatic rings. The lowest BCUT2D eigenvalue weighted by atomic mass is 10.1. The van der Waals surface area contributed by atoms with Gasteiger partial charge in [0.25, 0.3) is 5.91 Å². The van der Waals surface area contributed by atoms with Gasteiger partial charge in [-0.2, -0.15) is 0 Å². The lowest BCUT2D eigenvalue weighted by Crippen LogP contribution is -2.33. The fourth-order valence-corrected chi connectivity index (χ4v) is 4.62. The molecule has 30 heavy (non-hydrogen) atoms. The fraction of sp³-hybridized carbons (Fsp3) is 0.476. The van der Waals surface area contributed by atoms with Gasteiger partial charge in [-0.1, -0.05) is 36.5 Å². The van der Waals surface area contributed by atoms with Gasteiger partial charge >= 0.3 is 0 Å². The van der Waals surface area contributed by atoms with Crippen LogP contribution in [0.25, 0.3) is 6.08 Å². The van der Waals surface area contributed by atoms with Crippen LogP contribution in [0.1, 0.15) is 38.2 Å². The number of amides is 2. The Morgan fingerprint density at radius 3 is 2.87 bits per heavy atom. The van der Waals surface area contributed by atoms with Crippen LogP contribution in [-0.4, -0.2) is 64.1 Å². The van der Waals surface area contributed by atoms with Gasteiger partial charge in [-0.25, -0.2) is 0 Å². The van der Waals surface area contributed by atoms with Crippen LogP contribution in [0, 0.1) is 0 Å². The van der Waals surface area contributed by atoms with Crippen molar-refractivity contribution in [2.45, 2.75) is 32.6 Å². The van der Waals surface area contributed by atoms with E-state index in [1.165, 1.54) is 11.8 Å². The average Bonchev–Trinajstić information content (AvgIpc) is 3.30. The largest absolute Gasteiger partial charge is 0.454 e. The quantitative estimate of drug-likeness (QED) is 0.333. The normalized spacial score (nSPS) is 16.6. The molecule has 0 radical (unpaired) electrons. The second kappa shape index (κ2) is 10.8. The predicted octanol–water partition coefficient (Wildman–Crippen LogP) is 3.02. The molecular formula is C21H26N2O5S2. The van der Waals surface area contributed by atoms with Crippen LogP contribution in [-0.2, 0) is 9.59 Å². The van der Waals surface area contributed by atoms with E-state index in [0.717, 1.165) is 24.8 Å². The van der Waals surface area contributed by atoms with Crippen LogP contribution in [0.4, 0.5) is 0 Å². The zero-order chi connectivity index (χ0) is 21.5. The van der Waals surface area contributed by atoms with Crippen LogP contribution < -0.4 is 9.47 Å². The number of carbonyl (C=O) groups excluding carboxylic acids is 2. The molecule has 3 rings (SSSR count). The maximum Gasteiger partial charge on any atom is 0.266 e. The van der Waals surface area contributed by atoms with Crippen LogP contribution in [0.5, 0.6) is 11.5 Å². The highest BCUT2D eigenvalue weighted by atomic mass is 32.2. The number of thiocarbonyl (C=S) groups is 1. The van der Waals surface area contributed by atoms with Crippen molar-refractivity contribution in [2.75, 3.05) is 33.0 Å². The van der Waals surface area contributed by atoms with E-state index in [0.29, 0.717) is 46.8 Å². The molecule has 0 aliphatic carbocycles. The number of ether oxygens (including phenoxy) is 2. The number of rotatable bonds is 10. The summed E-state index contributed by atoms with van der Waals surface area (Å²) in [6, 6.07) is 5.56. The molecule has 1 saturated heterocycles. The van der Waals surface area contributed by atoms with Gasteiger partial charge in [0.2, 0.25) is 12.7 Å². The molecule has 0 bridgehead atoms. The lowest BCUT2D eigenvalue weighted by Gasteiger charge is -2.19. The van der Waals surface area contributed by atoms with Crippen LogP contribution in [0.3, 0.4) is 0 Å². The maximum atomic E-state index is 12.7. The molecule has 162 valence electrons. The average molecular weight is 451 g/mol. The smallest absolute Gasteiger partial charge is 0.266 e. The summed E-state index contributed by atoms with van der Waals surface area (Å²) in [5, 5.41) is 8.99. The van der Waals surface area contributed by atoms with Gasteiger partial charge in [-0.15, -0.1) is 0 Å². The number of fused-ring (bicyclic) bond motifs is 1. The van der Waals surface area contributed by atoms with Crippen molar-refractivity contribution >= 4 is 46.2 Å². The minimum absolute atomic E-state index is 0.0200. The number of hydrogen-bond acceptors (Lipinski definition) is 7. The molecule has 0 saturated carbocycles. The highest BCUT2D eigenvalue weighted by molar-refractivity contribution is 8.26. The van der Waals surface area contributed by atoms with Gasteiger partial charge in [-0.05, 0) is 43.5 Å². The van der Waals surface area contributed by atoms with Crippen molar-refractivity contribution in [3.8, 4) is 11.5 Å². The lowest BCUT2D eigenvalue weighted by molar-refractivity contribution is -0.131. The summed E-state index contributed by atoms with van der Waals surface area (Å²) in [5.74, 6) is 1.36. The molecule has 0 spiro atoms. The van der Waals surface area contributed by atoms with Gasteiger partial charge in [0.05, 0.1) is 11.5 Å². The summed E-state index contributed by atoms with van der Waals surface area (Å²) >= 11 is 6.69. The van der Waals surface area contributed by atoms with Gasteiger partial charge in [0.1, 0.15) is 4.32 Å². The second-order valence-electron chi connectivity index (χ2n) is 6.95. The third kappa shape index (κ3) is 5.53. The van der Waals surface area contributed by atoms with Crippen molar-refractivity contribution < 1.29 is 24.2 Å². The monoisotopic (exact) mass is 450 g/mol. The molecule has 2 amide bonds. The van der Waals surface area contributed by atoms with E-state index in [1.54, 1.807) is 9.80 Å². The van der Waals surface area contributed by atoms with Crippen molar-refractivity contribution in [3.05, 3.63) is 28.7 Å². The Balaban J connectivity index is 1.47. The summed E-state index contributed by atoms with van der Waals surface area (Å²) in [6.45, 7) is 3.62. The molecule has 2 aliphatic heterocycles. The molecule has 1 fully saturated rings. The van der Waals surface area contributed by atoms with Gasteiger partial charge in [0, 0.05) is 26.1 Å². The Kier molecular flexibility index (Phi) is 8.12. The second-order valence-corrected chi connectivity index (χ2v) is 8.63. The van der Waals surface area contributed by atoms with E-state index in [9.17, 15) is 9.59 Å². The van der Waals surface area contributed by atoms with Crippen molar-refractivity contribution in [1.29, 1.82) is 0 Å². The van der Waals surface area contributed by atoms with Crippen LogP contribution in [0.2, 0.25) is 0 Å². The minimum Gasteiger partial charge on any atom is -0.454 e. The summed E-state index contributed by atoms with van der Waals surface area (Å²) in [7, 11) is 0. The highest BCUT2D eigenvalue weighted by Gasteiger charge is 2.31. The maximum absolute atomic E-state index is 12.7. The minimum atomic E-state index is -0.0844. The van der Waals surface area contributed by atoms with E-state index in [-0.39, 0.29) is 25.2 Å². The number of benzene rings is 1. The van der Waals surface area contributed by atoms with E-state index < -0.39 is 0 Å². The number of thioether (sulfide) groups is 1. The standard InChI is InChI=1S/C21H26N2O5S2/c1-2-22(10-11-24)19(25)6-4-3-5-9-23-20(26)18(30-21(23)29)13-15-7-8-16-17(12-15)28-14-27-16/h7-8,12-13,24H,2-6,9-11,14H2,1H3/b18-13-. The van der Waals surface area contributed by atoms with Crippen molar-refractivity contribution in [2.24, 2.45) is 0 Å². The number of aliphatic hydroxyl groups excluding tert-OH is 1. The van der Waals surface area contributed by atoms with Crippen molar-refractivity contribution in [1.82, 2.24) is 9.80 Å². The summed E-state index contributed by atoms with van der Waals surface area (Å²) in [5.41, 5.74) is 0.863. The Hall–Kier alpha value is -2.10.